The lowest BCUT2D eigenvalue weighted by Gasteiger charge is -2.17. The molecule has 0 spiro atoms. The number of nitro benzene ring substituents is 1. The third-order valence-corrected chi connectivity index (χ3v) is 7.05. The van der Waals surface area contributed by atoms with Gasteiger partial charge in [0.05, 0.1) is 28.6 Å². The number of allylic oxidation sites excluding steroid dienone is 1. The molecule has 0 bridgehead atoms. The Morgan fingerprint density at radius 1 is 1.15 bits per heavy atom. The Morgan fingerprint density at radius 2 is 1.90 bits per heavy atom. The summed E-state index contributed by atoms with van der Waals surface area (Å²) in [6, 6.07) is 15.4. The van der Waals surface area contributed by atoms with Crippen LogP contribution in [0.1, 0.15) is 55.6 Å². The van der Waals surface area contributed by atoms with Crippen molar-refractivity contribution in [1.29, 1.82) is 0 Å². The Morgan fingerprint density at radius 3 is 2.56 bits per heavy atom. The molecule has 4 rings (SSSR count). The van der Waals surface area contributed by atoms with Gasteiger partial charge in [-0.05, 0) is 73.4 Å². The second kappa shape index (κ2) is 13.4. The van der Waals surface area contributed by atoms with Crippen LogP contribution in [0.15, 0.2) is 81.6 Å². The molecule has 9 nitrogen and oxygen atoms in total. The summed E-state index contributed by atoms with van der Waals surface area (Å²) >= 11 is 3.44. The highest BCUT2D eigenvalue weighted by Crippen LogP contribution is 2.34. The van der Waals surface area contributed by atoms with Gasteiger partial charge in [-0.2, -0.15) is 9.78 Å². The molecule has 1 aromatic heterocycles. The minimum absolute atomic E-state index is 0.0124. The molecule has 0 aliphatic carbocycles. The van der Waals surface area contributed by atoms with Crippen LogP contribution in [0.2, 0.25) is 0 Å². The van der Waals surface area contributed by atoms with E-state index in [1.54, 1.807) is 30.5 Å². The number of halogens is 1. The lowest BCUT2D eigenvalue weighted by atomic mass is 10.1. The first-order chi connectivity index (χ1) is 19.7. The van der Waals surface area contributed by atoms with Crippen LogP contribution in [0.5, 0.6) is 11.5 Å². The highest BCUT2D eigenvalue weighted by Gasteiger charge is 2.17. The topological polar surface area (TPSA) is 109 Å². The molecule has 0 saturated carbocycles. The summed E-state index contributed by atoms with van der Waals surface area (Å²) in [4.78, 5) is 28.8. The van der Waals surface area contributed by atoms with Crippen molar-refractivity contribution in [2.75, 3.05) is 6.61 Å². The van der Waals surface area contributed by atoms with E-state index in [-0.39, 0.29) is 23.8 Å². The Bertz CT molecular complexity index is 1660. The molecule has 0 saturated heterocycles. The summed E-state index contributed by atoms with van der Waals surface area (Å²) in [5.41, 5.74) is 2.71. The quantitative estimate of drug-likeness (QED) is 0.0720. The molecule has 0 N–H and O–H groups in total. The van der Waals surface area contributed by atoms with E-state index in [0.717, 1.165) is 22.0 Å². The Kier molecular flexibility index (Phi) is 9.67. The molecule has 3 aromatic carbocycles. The number of fused-ring (bicyclic) bond motifs is 1. The van der Waals surface area contributed by atoms with Gasteiger partial charge >= 0.3 is 0 Å². The summed E-state index contributed by atoms with van der Waals surface area (Å²) in [5, 5.41) is 16.0. The van der Waals surface area contributed by atoms with E-state index >= 15 is 0 Å². The average molecular weight is 620 g/mol. The van der Waals surface area contributed by atoms with Crippen LogP contribution >= 0.6 is 15.9 Å². The molecule has 41 heavy (non-hydrogen) atoms. The predicted molar refractivity (Wildman–Crippen MR) is 164 cm³/mol. The van der Waals surface area contributed by atoms with Gasteiger partial charge in [0.25, 0.3) is 11.2 Å². The zero-order chi connectivity index (χ0) is 29.5. The molecule has 0 aliphatic rings. The van der Waals surface area contributed by atoms with E-state index in [1.165, 1.54) is 16.8 Å². The number of nitro groups is 1. The number of ether oxygens (including phenoxy) is 2. The number of aromatic nitrogens is 2. The van der Waals surface area contributed by atoms with Crippen LogP contribution in [-0.2, 0) is 13.0 Å². The molecule has 0 amide bonds. The largest absolute Gasteiger partial charge is 0.490 e. The highest BCUT2D eigenvalue weighted by atomic mass is 79.9. The number of hydrogen-bond acceptors (Lipinski definition) is 7. The van der Waals surface area contributed by atoms with Crippen molar-refractivity contribution in [2.45, 2.75) is 46.1 Å². The number of hydrogen-bond donors (Lipinski definition) is 0. The first-order valence-corrected chi connectivity index (χ1v) is 14.1. The molecular weight excluding hydrogens is 588 g/mol. The van der Waals surface area contributed by atoms with Gasteiger partial charge in [0.15, 0.2) is 11.5 Å². The third kappa shape index (κ3) is 6.89. The normalized spacial score (nSPS) is 12.0. The van der Waals surface area contributed by atoms with Crippen molar-refractivity contribution in [2.24, 2.45) is 5.10 Å². The van der Waals surface area contributed by atoms with Gasteiger partial charge in [-0.25, -0.2) is 4.98 Å². The fourth-order valence-corrected chi connectivity index (χ4v) is 4.63. The minimum atomic E-state index is -0.437. The van der Waals surface area contributed by atoms with Gasteiger partial charge in [-0.15, -0.1) is 6.58 Å². The zero-order valence-electron chi connectivity index (χ0n) is 23.2. The van der Waals surface area contributed by atoms with Gasteiger partial charge in [0.1, 0.15) is 12.4 Å². The van der Waals surface area contributed by atoms with Crippen LogP contribution in [-0.4, -0.2) is 27.4 Å². The summed E-state index contributed by atoms with van der Waals surface area (Å²) in [6.07, 6.45) is 4.68. The maximum atomic E-state index is 13.5. The van der Waals surface area contributed by atoms with Gasteiger partial charge in [0.2, 0.25) is 0 Å². The highest BCUT2D eigenvalue weighted by molar-refractivity contribution is 9.10. The van der Waals surface area contributed by atoms with E-state index in [1.807, 2.05) is 45.0 Å². The summed E-state index contributed by atoms with van der Waals surface area (Å²) in [6.45, 7) is 10.4. The van der Waals surface area contributed by atoms with E-state index in [2.05, 4.69) is 27.6 Å². The van der Waals surface area contributed by atoms with Gasteiger partial charge < -0.3 is 9.47 Å². The predicted octanol–water partition coefficient (Wildman–Crippen LogP) is 7.17. The molecular formula is C31H31BrN4O5. The molecule has 4 aromatic rings. The summed E-state index contributed by atoms with van der Waals surface area (Å²) in [7, 11) is 0. The second-order valence-corrected chi connectivity index (χ2v) is 10.4. The van der Waals surface area contributed by atoms with Crippen molar-refractivity contribution < 1.29 is 14.4 Å². The Labute approximate surface area is 246 Å². The van der Waals surface area contributed by atoms with Crippen molar-refractivity contribution in [3.8, 4) is 11.5 Å². The minimum Gasteiger partial charge on any atom is -0.490 e. The molecule has 1 atom stereocenters. The van der Waals surface area contributed by atoms with Gasteiger partial charge in [-0.3, -0.25) is 14.9 Å². The molecule has 10 heteroatoms. The number of benzene rings is 3. The van der Waals surface area contributed by atoms with Gasteiger partial charge in [-0.1, -0.05) is 35.9 Å². The van der Waals surface area contributed by atoms with E-state index in [4.69, 9.17) is 14.5 Å². The first-order valence-electron chi connectivity index (χ1n) is 13.3. The number of non-ortho nitro benzene ring substituents is 1. The zero-order valence-corrected chi connectivity index (χ0v) is 24.8. The van der Waals surface area contributed by atoms with E-state index in [0.29, 0.717) is 46.8 Å². The SMILES string of the molecule is C=CCc1cc(C=Nn2c([C@@H](C)CC)nc3ccc(Br)cc3c2=O)cc(OCC)c1OCc1ccc([N+](=O)[O-])cc1. The molecule has 1 heterocycles. The van der Waals surface area contributed by atoms with Crippen LogP contribution in [0.4, 0.5) is 5.69 Å². The van der Waals surface area contributed by atoms with Crippen molar-refractivity contribution in [3.05, 3.63) is 115 Å². The molecule has 0 radical (unpaired) electrons. The summed E-state index contributed by atoms with van der Waals surface area (Å²) in [5.74, 6) is 1.67. The van der Waals surface area contributed by atoms with Crippen LogP contribution in [0, 0.1) is 10.1 Å². The molecule has 0 fully saturated rings. The van der Waals surface area contributed by atoms with Crippen molar-refractivity contribution in [3.63, 3.8) is 0 Å². The fraction of sp³-hybridized carbons (Fsp3) is 0.258. The van der Waals surface area contributed by atoms with E-state index < -0.39 is 4.92 Å². The van der Waals surface area contributed by atoms with Gasteiger partial charge in [0, 0.05) is 28.1 Å². The number of nitrogens with zero attached hydrogens (tertiary/aromatic N) is 4. The van der Waals surface area contributed by atoms with Crippen LogP contribution in [0.3, 0.4) is 0 Å². The first kappa shape index (κ1) is 29.7. The van der Waals surface area contributed by atoms with E-state index in [9.17, 15) is 14.9 Å². The van der Waals surface area contributed by atoms with Crippen LogP contribution < -0.4 is 15.0 Å². The standard InChI is InChI=1S/C31H31BrN4O5/c1-5-8-23-15-22(16-28(40-7-3)29(23)41-19-21-9-12-25(13-10-21)36(38)39)18-33-35-30(20(4)6-2)34-27-14-11-24(32)17-26(27)31(35)37/h5,9-18,20H,1,6-8,19H2,2-4H3/t20-/m0/s1. The maximum absolute atomic E-state index is 13.5. The number of rotatable bonds is 12. The lowest BCUT2D eigenvalue weighted by molar-refractivity contribution is -0.384. The Hall–Kier alpha value is -4.31. The van der Waals surface area contributed by atoms with Crippen LogP contribution in [0.25, 0.3) is 10.9 Å². The smallest absolute Gasteiger partial charge is 0.282 e. The van der Waals surface area contributed by atoms with Crippen molar-refractivity contribution in [1.82, 2.24) is 9.66 Å². The molecule has 0 unspecified atom stereocenters. The van der Waals surface area contributed by atoms with Crippen molar-refractivity contribution >= 4 is 38.7 Å². The molecule has 212 valence electrons. The Balaban J connectivity index is 1.73. The average Bonchev–Trinajstić information content (AvgIpc) is 2.96. The lowest BCUT2D eigenvalue weighted by Crippen LogP contribution is -2.23. The maximum Gasteiger partial charge on any atom is 0.282 e. The molecule has 0 aliphatic heterocycles. The fourth-order valence-electron chi connectivity index (χ4n) is 4.26. The second-order valence-electron chi connectivity index (χ2n) is 9.45. The summed E-state index contributed by atoms with van der Waals surface area (Å²) < 4.78 is 14.3. The third-order valence-electron chi connectivity index (χ3n) is 6.56. The monoisotopic (exact) mass is 618 g/mol.